The summed E-state index contributed by atoms with van der Waals surface area (Å²) in [5.74, 6) is 0. The van der Waals surface area contributed by atoms with Crippen molar-refractivity contribution < 1.29 is 18.1 Å². The van der Waals surface area contributed by atoms with Crippen LogP contribution in [0.15, 0.2) is 48.5 Å². The van der Waals surface area contributed by atoms with Gasteiger partial charge in [0.1, 0.15) is 6.04 Å². The largest absolute Gasteiger partial charge is 1.00 e. The van der Waals surface area contributed by atoms with Crippen LogP contribution in [0.1, 0.15) is 28.4 Å². The van der Waals surface area contributed by atoms with Crippen LogP contribution in [-0.2, 0) is 6.42 Å². The molecule has 4 N–H and O–H groups in total. The molecule has 0 spiro atoms. The van der Waals surface area contributed by atoms with Crippen LogP contribution < -0.4 is 18.1 Å². The first-order valence-corrected chi connectivity index (χ1v) is 7.11. The Morgan fingerprint density at radius 2 is 1.76 bits per heavy atom. The molecule has 0 amide bonds. The zero-order chi connectivity index (χ0) is 14.1. The molecule has 3 heteroatoms. The summed E-state index contributed by atoms with van der Waals surface area (Å²) in [5, 5.41) is 1.34. The molecular formula is C18H21ClN2. The average molecular weight is 301 g/mol. The van der Waals surface area contributed by atoms with Gasteiger partial charge in [0.15, 0.2) is 0 Å². The molecule has 0 aliphatic carbocycles. The second-order valence-corrected chi connectivity index (χ2v) is 5.59. The van der Waals surface area contributed by atoms with Crippen LogP contribution in [0.5, 0.6) is 0 Å². The van der Waals surface area contributed by atoms with Crippen LogP contribution in [0.2, 0.25) is 0 Å². The Morgan fingerprint density at radius 3 is 2.48 bits per heavy atom. The Kier molecular flexibility index (Phi) is 4.71. The summed E-state index contributed by atoms with van der Waals surface area (Å²) in [4.78, 5) is 3.48. The highest BCUT2D eigenvalue weighted by Crippen LogP contribution is 2.26. The maximum absolute atomic E-state index is 4.34. The van der Waals surface area contributed by atoms with E-state index in [1.165, 1.54) is 33.3 Å². The summed E-state index contributed by atoms with van der Waals surface area (Å²) >= 11 is 0. The molecule has 1 heterocycles. The van der Waals surface area contributed by atoms with Gasteiger partial charge in [0.05, 0.1) is 0 Å². The number of fused-ring (bicyclic) bond motifs is 1. The molecule has 0 fully saturated rings. The standard InChI is InChI=1S/C18H20N2.ClH/c1-12-8-9-18-16(10-12)15(13(2)20-18)11-17(19)14-6-4-3-5-7-14;/h3-10,17,20H,11,19H2,1-2H3;1H. The molecule has 2 nitrogen and oxygen atoms in total. The molecule has 0 saturated carbocycles. The molecule has 0 aliphatic heterocycles. The van der Waals surface area contributed by atoms with Gasteiger partial charge in [0.25, 0.3) is 0 Å². The summed E-state index contributed by atoms with van der Waals surface area (Å²) in [6.45, 7) is 4.30. The molecule has 3 aromatic rings. The van der Waals surface area contributed by atoms with E-state index >= 15 is 0 Å². The first-order chi connectivity index (χ1) is 9.65. The van der Waals surface area contributed by atoms with Gasteiger partial charge in [-0.05, 0) is 31.5 Å². The molecule has 1 atom stereocenters. The van der Waals surface area contributed by atoms with E-state index in [1.54, 1.807) is 0 Å². The number of hydrogen-bond acceptors (Lipinski definition) is 0. The van der Waals surface area contributed by atoms with Crippen LogP contribution in [0.4, 0.5) is 0 Å². The van der Waals surface area contributed by atoms with Crippen molar-refractivity contribution in [1.82, 2.24) is 4.98 Å². The Labute approximate surface area is 131 Å². The highest BCUT2D eigenvalue weighted by atomic mass is 35.5. The minimum atomic E-state index is 0. The van der Waals surface area contributed by atoms with Gasteiger partial charge in [-0.2, -0.15) is 0 Å². The number of hydrogen-bond donors (Lipinski definition) is 2. The third-order valence-corrected chi connectivity index (χ3v) is 4.00. The van der Waals surface area contributed by atoms with E-state index in [0.717, 1.165) is 6.42 Å². The number of aromatic nitrogens is 1. The lowest BCUT2D eigenvalue weighted by Gasteiger charge is -2.09. The first kappa shape index (κ1) is 15.6. The zero-order valence-electron chi connectivity index (χ0n) is 12.5. The minimum Gasteiger partial charge on any atom is -1.00 e. The van der Waals surface area contributed by atoms with Crippen LogP contribution >= 0.6 is 0 Å². The highest BCUT2D eigenvalue weighted by molar-refractivity contribution is 5.85. The number of benzene rings is 2. The highest BCUT2D eigenvalue weighted by Gasteiger charge is 2.15. The van der Waals surface area contributed by atoms with Gasteiger partial charge in [0.2, 0.25) is 0 Å². The van der Waals surface area contributed by atoms with Gasteiger partial charge >= 0.3 is 0 Å². The zero-order valence-corrected chi connectivity index (χ0v) is 13.2. The number of H-pyrrole nitrogens is 1. The smallest absolute Gasteiger partial charge is 0.114 e. The second-order valence-electron chi connectivity index (χ2n) is 5.59. The van der Waals surface area contributed by atoms with E-state index in [1.807, 2.05) is 0 Å². The molecule has 21 heavy (non-hydrogen) atoms. The van der Waals surface area contributed by atoms with Gasteiger partial charge in [-0.25, -0.2) is 0 Å². The fourth-order valence-corrected chi connectivity index (χ4v) is 2.85. The van der Waals surface area contributed by atoms with Gasteiger partial charge in [-0.1, -0.05) is 42.0 Å². The average Bonchev–Trinajstić information content (AvgIpc) is 2.76. The normalized spacial score (nSPS) is 12.1. The second kappa shape index (κ2) is 6.33. The topological polar surface area (TPSA) is 43.4 Å². The molecule has 1 aromatic heterocycles. The Bertz CT molecular complexity index is 732. The van der Waals surface area contributed by atoms with Crippen LogP contribution in [0.25, 0.3) is 10.9 Å². The predicted octanol–water partition coefficient (Wildman–Crippen LogP) is 0.314. The molecule has 110 valence electrons. The summed E-state index contributed by atoms with van der Waals surface area (Å²) < 4.78 is 0. The van der Waals surface area contributed by atoms with Gasteiger partial charge in [-0.3, -0.25) is 0 Å². The van der Waals surface area contributed by atoms with Crippen molar-refractivity contribution in [1.29, 1.82) is 0 Å². The van der Waals surface area contributed by atoms with Crippen molar-refractivity contribution in [3.63, 3.8) is 0 Å². The Balaban J connectivity index is 0.00000161. The van der Waals surface area contributed by atoms with Crippen molar-refractivity contribution in [2.45, 2.75) is 26.3 Å². The maximum Gasteiger partial charge on any atom is 0.114 e. The molecule has 0 aliphatic rings. The van der Waals surface area contributed by atoms with E-state index in [2.05, 4.69) is 73.1 Å². The number of aromatic amines is 1. The first-order valence-electron chi connectivity index (χ1n) is 7.11. The summed E-state index contributed by atoms with van der Waals surface area (Å²) in [7, 11) is 0. The van der Waals surface area contributed by atoms with E-state index in [4.69, 9.17) is 0 Å². The molecule has 0 bridgehead atoms. The van der Waals surface area contributed by atoms with Crippen LogP contribution in [0, 0.1) is 13.8 Å². The summed E-state index contributed by atoms with van der Waals surface area (Å²) in [6.07, 6.45) is 0.972. The Hall–Kier alpha value is -1.77. The van der Waals surface area contributed by atoms with E-state index in [0.29, 0.717) is 0 Å². The molecule has 0 radical (unpaired) electrons. The summed E-state index contributed by atoms with van der Waals surface area (Å²) in [6, 6.07) is 17.4. The third-order valence-electron chi connectivity index (χ3n) is 4.00. The number of halogens is 1. The van der Waals surface area contributed by atoms with Gasteiger partial charge < -0.3 is 23.1 Å². The Morgan fingerprint density at radius 1 is 1.05 bits per heavy atom. The SMILES string of the molecule is Cc1ccc2[nH]c(C)c(CC([NH3+])c3ccccc3)c2c1.[Cl-]. The quantitative estimate of drug-likeness (QED) is 0.699. The number of aryl methyl sites for hydroxylation is 2. The monoisotopic (exact) mass is 300 g/mol. The molecule has 2 aromatic carbocycles. The fourth-order valence-electron chi connectivity index (χ4n) is 2.85. The van der Waals surface area contributed by atoms with Crippen molar-refractivity contribution in [2.75, 3.05) is 0 Å². The van der Waals surface area contributed by atoms with Gasteiger partial charge in [-0.15, -0.1) is 0 Å². The van der Waals surface area contributed by atoms with Gasteiger partial charge in [0, 0.05) is 28.6 Å². The van der Waals surface area contributed by atoms with Crippen molar-refractivity contribution in [2.24, 2.45) is 0 Å². The van der Waals surface area contributed by atoms with Crippen molar-refractivity contribution in [3.05, 3.63) is 70.9 Å². The van der Waals surface area contributed by atoms with E-state index in [-0.39, 0.29) is 18.4 Å². The minimum absolute atomic E-state index is 0. The lowest BCUT2D eigenvalue weighted by atomic mass is 9.97. The number of nitrogens with one attached hydrogen (secondary N) is 1. The number of quaternary nitrogens is 1. The van der Waals surface area contributed by atoms with Crippen LogP contribution in [-0.4, -0.2) is 4.98 Å². The molecular weight excluding hydrogens is 280 g/mol. The fraction of sp³-hybridized carbons (Fsp3) is 0.222. The number of rotatable bonds is 3. The molecule has 0 saturated heterocycles. The third kappa shape index (κ3) is 3.12. The van der Waals surface area contributed by atoms with E-state index < -0.39 is 0 Å². The lowest BCUT2D eigenvalue weighted by molar-refractivity contribution is -0.426. The maximum atomic E-state index is 4.34. The van der Waals surface area contributed by atoms with E-state index in [9.17, 15) is 0 Å². The molecule has 3 rings (SSSR count). The van der Waals surface area contributed by atoms with Crippen LogP contribution in [0.3, 0.4) is 0 Å². The molecule has 1 unspecified atom stereocenters. The lowest BCUT2D eigenvalue weighted by Crippen LogP contribution is -3.00. The van der Waals surface area contributed by atoms with Crippen molar-refractivity contribution in [3.8, 4) is 0 Å². The predicted molar refractivity (Wildman–Crippen MR) is 83.5 cm³/mol. The summed E-state index contributed by atoms with van der Waals surface area (Å²) in [5.41, 5.74) is 10.8. The van der Waals surface area contributed by atoms with Crippen molar-refractivity contribution >= 4 is 10.9 Å².